The van der Waals surface area contributed by atoms with Crippen LogP contribution in [-0.2, 0) is 18.9 Å². The highest BCUT2D eigenvalue weighted by Crippen LogP contribution is 2.30. The highest BCUT2D eigenvalue weighted by atomic mass is 16.6. The molecule has 4 heteroatoms. The third-order valence-corrected chi connectivity index (χ3v) is 2.40. The smallest absolute Gasteiger partial charge is 0.162 e. The summed E-state index contributed by atoms with van der Waals surface area (Å²) in [6.45, 7) is 0.841. The van der Waals surface area contributed by atoms with Crippen LogP contribution < -0.4 is 0 Å². The van der Waals surface area contributed by atoms with Crippen molar-refractivity contribution < 1.29 is 18.9 Å². The Kier molecular flexibility index (Phi) is 2.49. The van der Waals surface area contributed by atoms with Crippen molar-refractivity contribution in [1.82, 2.24) is 0 Å². The van der Waals surface area contributed by atoms with Gasteiger partial charge in [0, 0.05) is 0 Å². The first-order valence-electron chi connectivity index (χ1n) is 4.32. The van der Waals surface area contributed by atoms with Crippen molar-refractivity contribution in [2.45, 2.75) is 24.4 Å². The van der Waals surface area contributed by atoms with E-state index in [0.29, 0.717) is 13.2 Å². The SMILES string of the molecule is C#COC1COC2C(OC#C)COC12. The standard InChI is InChI=1S/C10H10O4/c1-3-11-7-5-13-10-8(12-4-2)6-14-9(7)10/h1-2,7-10H,5-6H2. The van der Waals surface area contributed by atoms with Gasteiger partial charge in [-0.2, -0.15) is 0 Å². The van der Waals surface area contributed by atoms with Gasteiger partial charge in [-0.15, -0.1) is 0 Å². The summed E-state index contributed by atoms with van der Waals surface area (Å²) in [5.74, 6) is 0. The van der Waals surface area contributed by atoms with Gasteiger partial charge in [0.05, 0.1) is 13.2 Å². The van der Waals surface area contributed by atoms with E-state index < -0.39 is 0 Å². The summed E-state index contributed by atoms with van der Waals surface area (Å²) in [4.78, 5) is 0. The topological polar surface area (TPSA) is 36.9 Å². The van der Waals surface area contributed by atoms with Gasteiger partial charge in [0.25, 0.3) is 0 Å². The zero-order chi connectivity index (χ0) is 9.97. The van der Waals surface area contributed by atoms with Crippen molar-refractivity contribution in [3.8, 4) is 25.1 Å². The molecule has 0 aromatic rings. The van der Waals surface area contributed by atoms with Crippen molar-refractivity contribution in [1.29, 1.82) is 0 Å². The molecule has 4 nitrogen and oxygen atoms in total. The third kappa shape index (κ3) is 1.39. The van der Waals surface area contributed by atoms with E-state index >= 15 is 0 Å². The lowest BCUT2D eigenvalue weighted by Gasteiger charge is -2.13. The molecule has 4 unspecified atom stereocenters. The van der Waals surface area contributed by atoms with Crippen molar-refractivity contribution in [3.05, 3.63) is 0 Å². The highest BCUT2D eigenvalue weighted by molar-refractivity contribution is 4.98. The maximum Gasteiger partial charge on any atom is 0.162 e. The molecule has 2 rings (SSSR count). The molecule has 2 saturated heterocycles. The summed E-state index contributed by atoms with van der Waals surface area (Å²) in [6, 6.07) is 0. The maximum absolute atomic E-state index is 5.44. The number of hydrogen-bond donors (Lipinski definition) is 0. The normalized spacial score (nSPS) is 39.6. The van der Waals surface area contributed by atoms with E-state index in [1.165, 1.54) is 0 Å². The number of fused-ring (bicyclic) bond motifs is 1. The molecule has 0 radical (unpaired) electrons. The lowest BCUT2D eigenvalue weighted by atomic mass is 10.1. The van der Waals surface area contributed by atoms with Gasteiger partial charge in [-0.25, -0.2) is 0 Å². The summed E-state index contributed by atoms with van der Waals surface area (Å²) >= 11 is 0. The van der Waals surface area contributed by atoms with E-state index in [4.69, 9.17) is 31.8 Å². The first kappa shape index (κ1) is 9.21. The number of hydrogen-bond acceptors (Lipinski definition) is 4. The molecule has 0 spiro atoms. The van der Waals surface area contributed by atoms with Crippen LogP contribution in [0.3, 0.4) is 0 Å². The molecule has 0 amide bonds. The Morgan fingerprint density at radius 2 is 1.36 bits per heavy atom. The lowest BCUT2D eigenvalue weighted by Crippen LogP contribution is -2.32. The minimum Gasteiger partial charge on any atom is -0.438 e. The quantitative estimate of drug-likeness (QED) is 0.567. The first-order chi connectivity index (χ1) is 6.86. The highest BCUT2D eigenvalue weighted by Gasteiger charge is 2.50. The van der Waals surface area contributed by atoms with Crippen LogP contribution in [-0.4, -0.2) is 37.6 Å². The van der Waals surface area contributed by atoms with Crippen molar-refractivity contribution in [2.24, 2.45) is 0 Å². The molecule has 2 aliphatic heterocycles. The van der Waals surface area contributed by atoms with Crippen LogP contribution >= 0.6 is 0 Å². The molecule has 14 heavy (non-hydrogen) atoms. The van der Waals surface area contributed by atoms with Crippen molar-refractivity contribution in [2.75, 3.05) is 13.2 Å². The number of rotatable bonds is 2. The second-order valence-corrected chi connectivity index (χ2v) is 3.14. The fourth-order valence-corrected chi connectivity index (χ4v) is 1.81. The van der Waals surface area contributed by atoms with Gasteiger partial charge in [-0.05, 0) is 0 Å². The fraction of sp³-hybridized carbons (Fsp3) is 0.600. The van der Waals surface area contributed by atoms with Crippen LogP contribution in [0.2, 0.25) is 0 Å². The molecule has 2 heterocycles. The predicted octanol–water partition coefficient (Wildman–Crippen LogP) is -0.264. The molecule has 0 aromatic carbocycles. The Hall–Kier alpha value is -1.36. The van der Waals surface area contributed by atoms with Crippen molar-refractivity contribution in [3.63, 3.8) is 0 Å². The molecule has 0 N–H and O–H groups in total. The van der Waals surface area contributed by atoms with E-state index in [9.17, 15) is 0 Å². The first-order valence-corrected chi connectivity index (χ1v) is 4.32. The van der Waals surface area contributed by atoms with E-state index in [2.05, 4.69) is 12.2 Å². The van der Waals surface area contributed by atoms with Crippen LogP contribution in [0.15, 0.2) is 0 Å². The summed E-state index contributed by atoms with van der Waals surface area (Å²) < 4.78 is 20.9. The number of terminal acetylenes is 2. The van der Waals surface area contributed by atoms with Gasteiger partial charge in [0.2, 0.25) is 0 Å². The van der Waals surface area contributed by atoms with Gasteiger partial charge in [-0.3, -0.25) is 0 Å². The molecular weight excluding hydrogens is 184 g/mol. The van der Waals surface area contributed by atoms with Crippen LogP contribution in [0.1, 0.15) is 0 Å². The van der Waals surface area contributed by atoms with Crippen LogP contribution in [0.5, 0.6) is 0 Å². The second-order valence-electron chi connectivity index (χ2n) is 3.14. The van der Waals surface area contributed by atoms with Gasteiger partial charge < -0.3 is 18.9 Å². The average Bonchev–Trinajstić information content (AvgIpc) is 2.72. The summed E-state index contributed by atoms with van der Waals surface area (Å²) in [5, 5.41) is 0. The van der Waals surface area contributed by atoms with Crippen LogP contribution in [0.4, 0.5) is 0 Å². The fourth-order valence-electron chi connectivity index (χ4n) is 1.81. The van der Waals surface area contributed by atoms with E-state index in [1.807, 2.05) is 0 Å². The molecule has 2 aliphatic rings. The Bertz CT molecular complexity index is 257. The largest absolute Gasteiger partial charge is 0.438 e. The van der Waals surface area contributed by atoms with Crippen molar-refractivity contribution >= 4 is 0 Å². The minimum atomic E-state index is -0.212. The van der Waals surface area contributed by atoms with Crippen LogP contribution in [0, 0.1) is 25.1 Å². The second kappa shape index (κ2) is 3.79. The van der Waals surface area contributed by atoms with Gasteiger partial charge in [0.15, 0.2) is 12.2 Å². The Labute approximate surface area is 82.5 Å². The minimum absolute atomic E-state index is 0.163. The predicted molar refractivity (Wildman–Crippen MR) is 46.9 cm³/mol. The van der Waals surface area contributed by atoms with E-state index in [-0.39, 0.29) is 24.4 Å². The molecule has 0 saturated carbocycles. The maximum atomic E-state index is 5.44. The van der Waals surface area contributed by atoms with Gasteiger partial charge >= 0.3 is 0 Å². The zero-order valence-corrected chi connectivity index (χ0v) is 7.51. The summed E-state index contributed by atoms with van der Waals surface area (Å²) in [7, 11) is 0. The third-order valence-electron chi connectivity index (χ3n) is 2.40. The Morgan fingerprint density at radius 3 is 1.71 bits per heavy atom. The summed E-state index contributed by atoms with van der Waals surface area (Å²) in [5.41, 5.74) is 0. The molecular formula is C10H10O4. The Morgan fingerprint density at radius 1 is 0.929 bits per heavy atom. The monoisotopic (exact) mass is 194 g/mol. The lowest BCUT2D eigenvalue weighted by molar-refractivity contribution is 0.00163. The van der Waals surface area contributed by atoms with Crippen LogP contribution in [0.25, 0.3) is 0 Å². The van der Waals surface area contributed by atoms with Gasteiger partial charge in [-0.1, -0.05) is 12.8 Å². The van der Waals surface area contributed by atoms with E-state index in [0.717, 1.165) is 0 Å². The Balaban J connectivity index is 1.98. The zero-order valence-electron chi connectivity index (χ0n) is 7.51. The molecule has 74 valence electrons. The van der Waals surface area contributed by atoms with Gasteiger partial charge in [0.1, 0.15) is 24.4 Å². The molecule has 0 aliphatic carbocycles. The van der Waals surface area contributed by atoms with E-state index in [1.54, 1.807) is 0 Å². The summed E-state index contributed by atoms with van der Waals surface area (Å²) in [6.07, 6.45) is 13.6. The molecule has 4 atom stereocenters. The molecule has 0 aromatic heterocycles. The molecule has 0 bridgehead atoms. The average molecular weight is 194 g/mol. The number of ether oxygens (including phenoxy) is 4. The molecule has 2 fully saturated rings.